The molecule has 18 heavy (non-hydrogen) atoms. The summed E-state index contributed by atoms with van der Waals surface area (Å²) < 4.78 is 5.56. The van der Waals surface area contributed by atoms with Crippen molar-refractivity contribution in [1.29, 1.82) is 0 Å². The minimum atomic E-state index is 0.0968. The number of H-pyrrole nitrogens is 1. The largest absolute Gasteiger partial charge is 0.374 e. The number of rotatable bonds is 3. The first-order chi connectivity index (χ1) is 8.49. The van der Waals surface area contributed by atoms with Gasteiger partial charge in [0.2, 0.25) is 0 Å². The van der Waals surface area contributed by atoms with Gasteiger partial charge in [-0.15, -0.1) is 0 Å². The van der Waals surface area contributed by atoms with Crippen molar-refractivity contribution in [1.82, 2.24) is 15.1 Å². The van der Waals surface area contributed by atoms with Gasteiger partial charge in [-0.1, -0.05) is 20.8 Å². The summed E-state index contributed by atoms with van der Waals surface area (Å²) in [6.07, 6.45) is 0.170. The molecule has 1 atom stereocenters. The Labute approximate surface area is 109 Å². The number of nitrogens with one attached hydrogen (secondary N) is 1. The maximum Gasteiger partial charge on any atom is 0.0824 e. The van der Waals surface area contributed by atoms with Gasteiger partial charge in [0.15, 0.2) is 0 Å². The Hall–Kier alpha value is -0.910. The van der Waals surface area contributed by atoms with Gasteiger partial charge in [-0.2, -0.15) is 5.10 Å². The summed E-state index contributed by atoms with van der Waals surface area (Å²) in [5, 5.41) is 7.51. The molecule has 2 heterocycles. The highest BCUT2D eigenvalue weighted by Gasteiger charge is 2.21. The fourth-order valence-electron chi connectivity index (χ4n) is 2.13. The topological polar surface area (TPSA) is 67.2 Å². The fourth-order valence-corrected chi connectivity index (χ4v) is 2.13. The molecule has 1 aliphatic heterocycles. The smallest absolute Gasteiger partial charge is 0.0824 e. The SMILES string of the molecule is CC(C)(C)c1cc(CN2CCOC(CN)C2)[nH]n1. The maximum absolute atomic E-state index is 5.65. The van der Waals surface area contributed by atoms with Crippen LogP contribution >= 0.6 is 0 Å². The second kappa shape index (κ2) is 5.38. The molecule has 3 N–H and O–H groups in total. The molecule has 5 nitrogen and oxygen atoms in total. The summed E-state index contributed by atoms with van der Waals surface area (Å²) >= 11 is 0. The number of morpholine rings is 1. The van der Waals surface area contributed by atoms with E-state index in [0.717, 1.165) is 37.6 Å². The minimum absolute atomic E-state index is 0.0968. The normalized spacial score (nSPS) is 22.3. The molecular formula is C13H24N4O. The van der Waals surface area contributed by atoms with Gasteiger partial charge in [0.25, 0.3) is 0 Å². The van der Waals surface area contributed by atoms with Crippen molar-refractivity contribution in [3.8, 4) is 0 Å². The Morgan fingerprint density at radius 2 is 2.33 bits per heavy atom. The molecule has 1 saturated heterocycles. The number of hydrogen-bond donors (Lipinski definition) is 2. The molecule has 102 valence electrons. The lowest BCUT2D eigenvalue weighted by atomic mass is 9.92. The number of aromatic amines is 1. The molecule has 0 spiro atoms. The predicted octanol–water partition coefficient (Wildman–Crippen LogP) is 0.867. The van der Waals surface area contributed by atoms with Crippen molar-refractivity contribution in [2.24, 2.45) is 5.73 Å². The molecule has 0 saturated carbocycles. The number of aromatic nitrogens is 2. The van der Waals surface area contributed by atoms with Crippen LogP contribution in [0, 0.1) is 0 Å². The summed E-state index contributed by atoms with van der Waals surface area (Å²) in [5.41, 5.74) is 8.02. The van der Waals surface area contributed by atoms with E-state index in [1.165, 1.54) is 0 Å². The first-order valence-electron chi connectivity index (χ1n) is 6.58. The predicted molar refractivity (Wildman–Crippen MR) is 71.4 cm³/mol. The van der Waals surface area contributed by atoms with E-state index in [2.05, 4.69) is 41.9 Å². The van der Waals surface area contributed by atoms with Gasteiger partial charge in [0.05, 0.1) is 18.4 Å². The lowest BCUT2D eigenvalue weighted by Crippen LogP contribution is -2.45. The molecule has 1 aliphatic rings. The molecule has 0 radical (unpaired) electrons. The monoisotopic (exact) mass is 252 g/mol. The lowest BCUT2D eigenvalue weighted by Gasteiger charge is -2.31. The van der Waals surface area contributed by atoms with E-state index in [1.54, 1.807) is 0 Å². The van der Waals surface area contributed by atoms with E-state index in [0.29, 0.717) is 6.54 Å². The van der Waals surface area contributed by atoms with Crippen molar-refractivity contribution >= 4 is 0 Å². The highest BCUT2D eigenvalue weighted by molar-refractivity contribution is 5.16. The van der Waals surface area contributed by atoms with E-state index in [1.807, 2.05) is 0 Å². The van der Waals surface area contributed by atoms with Crippen LogP contribution < -0.4 is 5.73 Å². The van der Waals surface area contributed by atoms with Crippen molar-refractivity contribution in [2.75, 3.05) is 26.2 Å². The summed E-state index contributed by atoms with van der Waals surface area (Å²) in [5.74, 6) is 0. The van der Waals surface area contributed by atoms with Crippen LogP contribution in [0.3, 0.4) is 0 Å². The Balaban J connectivity index is 1.95. The molecule has 5 heteroatoms. The number of nitrogens with zero attached hydrogens (tertiary/aromatic N) is 2. The minimum Gasteiger partial charge on any atom is -0.374 e. The first kappa shape index (κ1) is 13.5. The zero-order valence-corrected chi connectivity index (χ0v) is 11.6. The third kappa shape index (κ3) is 3.31. The van der Waals surface area contributed by atoms with Crippen LogP contribution in [0.25, 0.3) is 0 Å². The number of nitrogens with two attached hydrogens (primary N) is 1. The van der Waals surface area contributed by atoms with Gasteiger partial charge in [-0.3, -0.25) is 10.00 Å². The van der Waals surface area contributed by atoms with Crippen LogP contribution in [-0.4, -0.2) is 47.4 Å². The van der Waals surface area contributed by atoms with Crippen molar-refractivity contribution in [3.63, 3.8) is 0 Å². The van der Waals surface area contributed by atoms with E-state index in [-0.39, 0.29) is 11.5 Å². The van der Waals surface area contributed by atoms with E-state index >= 15 is 0 Å². The van der Waals surface area contributed by atoms with Gasteiger partial charge in [0, 0.05) is 37.3 Å². The third-order valence-corrected chi connectivity index (χ3v) is 3.28. The molecule has 1 unspecified atom stereocenters. The number of ether oxygens (including phenoxy) is 1. The molecule has 1 aromatic heterocycles. The maximum atomic E-state index is 5.65. The van der Waals surface area contributed by atoms with Crippen molar-refractivity contribution in [2.45, 2.75) is 38.8 Å². The highest BCUT2D eigenvalue weighted by atomic mass is 16.5. The standard InChI is InChI=1S/C13H24N4O/c1-13(2,3)12-6-10(15-16-12)8-17-4-5-18-11(7-14)9-17/h6,11H,4-5,7-9,14H2,1-3H3,(H,15,16). The molecule has 1 aromatic rings. The van der Waals surface area contributed by atoms with Gasteiger partial charge < -0.3 is 10.5 Å². The highest BCUT2D eigenvalue weighted by Crippen LogP contribution is 2.21. The van der Waals surface area contributed by atoms with E-state index < -0.39 is 0 Å². The molecule has 0 bridgehead atoms. The van der Waals surface area contributed by atoms with Crippen LogP contribution in [0.4, 0.5) is 0 Å². The van der Waals surface area contributed by atoms with Gasteiger partial charge >= 0.3 is 0 Å². The molecule has 0 amide bonds. The number of hydrogen-bond acceptors (Lipinski definition) is 4. The Morgan fingerprint density at radius 1 is 1.56 bits per heavy atom. The second-order valence-corrected chi connectivity index (χ2v) is 5.99. The van der Waals surface area contributed by atoms with Crippen molar-refractivity contribution in [3.05, 3.63) is 17.5 Å². The van der Waals surface area contributed by atoms with Gasteiger partial charge in [0.1, 0.15) is 0 Å². The molecule has 2 rings (SSSR count). The second-order valence-electron chi connectivity index (χ2n) is 5.99. The Kier molecular flexibility index (Phi) is 4.04. The Bertz CT molecular complexity index is 383. The van der Waals surface area contributed by atoms with E-state index in [4.69, 9.17) is 10.5 Å². The summed E-state index contributed by atoms with van der Waals surface area (Å²) in [4.78, 5) is 2.36. The lowest BCUT2D eigenvalue weighted by molar-refractivity contribution is -0.0264. The molecule has 0 aliphatic carbocycles. The van der Waals surface area contributed by atoms with Crippen LogP contribution in [0.2, 0.25) is 0 Å². The summed E-state index contributed by atoms with van der Waals surface area (Å²) in [7, 11) is 0. The molecule has 1 fully saturated rings. The third-order valence-electron chi connectivity index (χ3n) is 3.28. The summed E-state index contributed by atoms with van der Waals surface area (Å²) in [6.45, 7) is 10.6. The zero-order chi connectivity index (χ0) is 13.2. The van der Waals surface area contributed by atoms with Crippen LogP contribution in [0.15, 0.2) is 6.07 Å². The molecule has 0 aromatic carbocycles. The summed E-state index contributed by atoms with van der Waals surface area (Å²) in [6, 6.07) is 2.16. The fraction of sp³-hybridized carbons (Fsp3) is 0.769. The molecular weight excluding hydrogens is 228 g/mol. The van der Waals surface area contributed by atoms with Gasteiger partial charge in [-0.05, 0) is 6.07 Å². The first-order valence-corrected chi connectivity index (χ1v) is 6.58. The van der Waals surface area contributed by atoms with Crippen LogP contribution in [0.1, 0.15) is 32.2 Å². The van der Waals surface area contributed by atoms with Crippen LogP contribution in [0.5, 0.6) is 0 Å². The van der Waals surface area contributed by atoms with Gasteiger partial charge in [-0.25, -0.2) is 0 Å². The van der Waals surface area contributed by atoms with E-state index in [9.17, 15) is 0 Å². The zero-order valence-electron chi connectivity index (χ0n) is 11.6. The van der Waals surface area contributed by atoms with Crippen molar-refractivity contribution < 1.29 is 4.74 Å². The average Bonchev–Trinajstić information content (AvgIpc) is 2.77. The average molecular weight is 252 g/mol. The van der Waals surface area contributed by atoms with Crippen LogP contribution in [-0.2, 0) is 16.7 Å². The Morgan fingerprint density at radius 3 is 2.94 bits per heavy atom. The quantitative estimate of drug-likeness (QED) is 0.837.